The number of aryl methyl sites for hydroxylation is 1. The standard InChI is InChI=1S/C41H46F3N7O6/c1-48-23-30(28-8-11-45-22-29(28)40(48)55)26-19-35(56-2)31(36(20-26)57-3)24-49-14-16-51(17-15-49)38(53)18-25-9-12-50(13-10-25)34-6-4-27(21-32(34)41(42,43)44)46-33-5-7-37(52)47-39(33)54/h4,6,8,11,19-23,25,33,46H,5,7,9-10,12-18,24H2,1-3H3,(H,47,52,54)/t33-/m0/s1. The van der Waals surface area contributed by atoms with E-state index in [1.807, 2.05) is 23.1 Å². The highest BCUT2D eigenvalue weighted by molar-refractivity contribution is 6.01. The second-order valence-electron chi connectivity index (χ2n) is 14.9. The topological polar surface area (TPSA) is 138 Å². The Morgan fingerprint density at radius 3 is 2.28 bits per heavy atom. The number of anilines is 2. The monoisotopic (exact) mass is 789 g/mol. The lowest BCUT2D eigenvalue weighted by Crippen LogP contribution is -2.49. The predicted molar refractivity (Wildman–Crippen MR) is 208 cm³/mol. The number of rotatable bonds is 10. The summed E-state index contributed by atoms with van der Waals surface area (Å²) in [6, 6.07) is 8.89. The molecule has 2 aromatic carbocycles. The van der Waals surface area contributed by atoms with Crippen molar-refractivity contribution in [3.05, 3.63) is 76.5 Å². The van der Waals surface area contributed by atoms with Gasteiger partial charge in [0.15, 0.2) is 0 Å². The number of piperazine rings is 1. The highest BCUT2D eigenvalue weighted by Gasteiger charge is 2.37. The summed E-state index contributed by atoms with van der Waals surface area (Å²) in [7, 11) is 4.93. The van der Waals surface area contributed by atoms with E-state index in [0.717, 1.165) is 28.1 Å². The zero-order valence-electron chi connectivity index (χ0n) is 32.2. The number of nitrogens with zero attached hydrogens (tertiary/aromatic N) is 5. The summed E-state index contributed by atoms with van der Waals surface area (Å²) in [6.45, 7) is 3.69. The van der Waals surface area contributed by atoms with Crippen molar-refractivity contribution in [2.24, 2.45) is 13.0 Å². The van der Waals surface area contributed by atoms with Gasteiger partial charge < -0.3 is 29.2 Å². The van der Waals surface area contributed by atoms with Crippen LogP contribution in [0.5, 0.6) is 11.5 Å². The Hall–Kier alpha value is -5.64. The van der Waals surface area contributed by atoms with Crippen LogP contribution in [0.2, 0.25) is 0 Å². The van der Waals surface area contributed by atoms with E-state index in [-0.39, 0.29) is 41.6 Å². The van der Waals surface area contributed by atoms with Crippen LogP contribution in [0, 0.1) is 5.92 Å². The van der Waals surface area contributed by atoms with Gasteiger partial charge in [0.25, 0.3) is 5.56 Å². The van der Waals surface area contributed by atoms with Crippen LogP contribution in [0.15, 0.2) is 59.8 Å². The quantitative estimate of drug-likeness (QED) is 0.216. The molecule has 16 heteroatoms. The number of carbonyl (C=O) groups excluding carboxylic acids is 3. The third kappa shape index (κ3) is 8.55. The van der Waals surface area contributed by atoms with Crippen LogP contribution in [-0.4, -0.2) is 96.6 Å². The van der Waals surface area contributed by atoms with Crippen LogP contribution in [0.25, 0.3) is 21.9 Å². The van der Waals surface area contributed by atoms with Crippen LogP contribution in [0.4, 0.5) is 24.5 Å². The summed E-state index contributed by atoms with van der Waals surface area (Å²) in [6.07, 6.45) is 2.23. The van der Waals surface area contributed by atoms with Crippen molar-refractivity contribution >= 4 is 39.9 Å². The number of halogens is 3. The number of pyridine rings is 2. The van der Waals surface area contributed by atoms with Crippen molar-refractivity contribution in [2.75, 3.05) is 63.7 Å². The molecule has 5 heterocycles. The number of aromatic nitrogens is 2. The molecule has 0 radical (unpaired) electrons. The number of ether oxygens (including phenoxy) is 2. The summed E-state index contributed by atoms with van der Waals surface area (Å²) in [5.41, 5.74) is 1.84. The van der Waals surface area contributed by atoms with E-state index in [1.165, 1.54) is 16.7 Å². The molecule has 0 bridgehead atoms. The van der Waals surface area contributed by atoms with E-state index in [9.17, 15) is 32.3 Å². The van der Waals surface area contributed by atoms with Crippen LogP contribution < -0.4 is 30.6 Å². The summed E-state index contributed by atoms with van der Waals surface area (Å²) >= 11 is 0. The first-order chi connectivity index (χ1) is 27.3. The maximum absolute atomic E-state index is 14.3. The van der Waals surface area contributed by atoms with Gasteiger partial charge in [0, 0.05) is 101 Å². The van der Waals surface area contributed by atoms with Crippen molar-refractivity contribution in [2.45, 2.75) is 50.9 Å². The molecule has 3 saturated heterocycles. The number of piperidine rings is 2. The van der Waals surface area contributed by atoms with Gasteiger partial charge in [-0.2, -0.15) is 13.2 Å². The molecule has 0 unspecified atom stereocenters. The average molecular weight is 790 g/mol. The zero-order chi connectivity index (χ0) is 40.4. The molecule has 2 N–H and O–H groups in total. The minimum atomic E-state index is -4.62. The second-order valence-corrected chi connectivity index (χ2v) is 14.9. The Kier molecular flexibility index (Phi) is 11.4. The Balaban J connectivity index is 0.941. The molecule has 3 fully saturated rings. The average Bonchev–Trinajstić information content (AvgIpc) is 3.20. The summed E-state index contributed by atoms with van der Waals surface area (Å²) in [4.78, 5) is 59.8. The molecule has 13 nitrogen and oxygen atoms in total. The fraction of sp³-hybridized carbons (Fsp3) is 0.439. The summed E-state index contributed by atoms with van der Waals surface area (Å²) < 4.78 is 56.1. The Morgan fingerprint density at radius 2 is 1.63 bits per heavy atom. The minimum absolute atomic E-state index is 0.0483. The molecule has 3 amide bonds. The fourth-order valence-corrected chi connectivity index (χ4v) is 8.13. The fourth-order valence-electron chi connectivity index (χ4n) is 8.13. The van der Waals surface area contributed by atoms with Crippen molar-refractivity contribution in [1.82, 2.24) is 24.7 Å². The number of nitrogens with one attached hydrogen (secondary N) is 2. The molecule has 57 heavy (non-hydrogen) atoms. The van der Waals surface area contributed by atoms with E-state index in [2.05, 4.69) is 20.5 Å². The van der Waals surface area contributed by atoms with Crippen LogP contribution in [0.1, 0.15) is 43.2 Å². The normalized spacial score (nSPS) is 18.5. The maximum Gasteiger partial charge on any atom is 0.418 e. The molecule has 3 aliphatic heterocycles. The molecule has 1 atom stereocenters. The zero-order valence-corrected chi connectivity index (χ0v) is 32.2. The Morgan fingerprint density at radius 1 is 0.930 bits per heavy atom. The molecule has 4 aromatic rings. The Bertz CT molecular complexity index is 2200. The summed E-state index contributed by atoms with van der Waals surface area (Å²) in [5.74, 6) is 0.440. The molecule has 3 aliphatic rings. The molecular formula is C41H46F3N7O6. The van der Waals surface area contributed by atoms with Gasteiger partial charge in [0.2, 0.25) is 17.7 Å². The second kappa shape index (κ2) is 16.5. The molecule has 0 saturated carbocycles. The lowest BCUT2D eigenvalue weighted by molar-refractivity contribution is -0.137. The number of methoxy groups -OCH3 is 2. The third-order valence-electron chi connectivity index (χ3n) is 11.3. The molecule has 302 valence electrons. The smallest absolute Gasteiger partial charge is 0.418 e. The van der Waals surface area contributed by atoms with Gasteiger partial charge in [0.1, 0.15) is 17.5 Å². The third-order valence-corrected chi connectivity index (χ3v) is 11.3. The van der Waals surface area contributed by atoms with E-state index in [0.29, 0.717) is 82.0 Å². The van der Waals surface area contributed by atoms with Crippen molar-refractivity contribution < 1.29 is 37.0 Å². The highest BCUT2D eigenvalue weighted by atomic mass is 19.4. The van der Waals surface area contributed by atoms with Gasteiger partial charge >= 0.3 is 6.18 Å². The van der Waals surface area contributed by atoms with E-state index in [4.69, 9.17) is 9.47 Å². The van der Waals surface area contributed by atoms with E-state index in [1.54, 1.807) is 44.8 Å². The highest BCUT2D eigenvalue weighted by Crippen LogP contribution is 2.41. The number of imide groups is 1. The van der Waals surface area contributed by atoms with Crippen LogP contribution >= 0.6 is 0 Å². The van der Waals surface area contributed by atoms with Gasteiger partial charge in [-0.05, 0) is 72.5 Å². The van der Waals surface area contributed by atoms with Crippen LogP contribution in [0.3, 0.4) is 0 Å². The molecule has 0 aliphatic carbocycles. The van der Waals surface area contributed by atoms with Gasteiger partial charge in [-0.25, -0.2) is 0 Å². The van der Waals surface area contributed by atoms with Crippen molar-refractivity contribution in [1.29, 1.82) is 0 Å². The Labute approximate surface area is 327 Å². The number of alkyl halides is 3. The van der Waals surface area contributed by atoms with Crippen LogP contribution in [-0.2, 0) is 34.2 Å². The number of carbonyl (C=O) groups is 3. The van der Waals surface area contributed by atoms with E-state index >= 15 is 0 Å². The number of hydrogen-bond donors (Lipinski definition) is 2. The largest absolute Gasteiger partial charge is 0.496 e. The molecule has 0 spiro atoms. The number of benzene rings is 2. The predicted octanol–water partition coefficient (Wildman–Crippen LogP) is 4.80. The van der Waals surface area contributed by atoms with E-state index < -0.39 is 29.6 Å². The van der Waals surface area contributed by atoms with Crippen molar-refractivity contribution in [3.63, 3.8) is 0 Å². The summed E-state index contributed by atoms with van der Waals surface area (Å²) in [5, 5.41) is 6.35. The van der Waals surface area contributed by atoms with Gasteiger partial charge in [-0.1, -0.05) is 0 Å². The lowest BCUT2D eigenvalue weighted by atomic mass is 9.92. The maximum atomic E-state index is 14.3. The van der Waals surface area contributed by atoms with Gasteiger partial charge in [-0.3, -0.25) is 34.4 Å². The van der Waals surface area contributed by atoms with Gasteiger partial charge in [0.05, 0.1) is 30.7 Å². The molecule has 2 aromatic heterocycles. The first-order valence-corrected chi connectivity index (χ1v) is 19.1. The SMILES string of the molecule is COc1cc(-c2cn(C)c(=O)c3cnccc23)cc(OC)c1CN1CCN(C(=O)CC2CCN(c3ccc(N[C@H]4CCC(=O)NC4=O)cc3C(F)(F)F)CC2)CC1. The number of fused-ring (bicyclic) bond motifs is 1. The molecular weight excluding hydrogens is 743 g/mol. The number of amides is 3. The first kappa shape index (κ1) is 39.6. The lowest BCUT2D eigenvalue weighted by Gasteiger charge is -2.38. The number of hydrogen-bond acceptors (Lipinski definition) is 10. The van der Waals surface area contributed by atoms with Crippen molar-refractivity contribution in [3.8, 4) is 22.6 Å². The first-order valence-electron chi connectivity index (χ1n) is 19.1. The molecule has 7 rings (SSSR count). The van der Waals surface area contributed by atoms with Gasteiger partial charge in [-0.15, -0.1) is 0 Å². The minimum Gasteiger partial charge on any atom is -0.496 e.